The maximum absolute atomic E-state index is 13.7. The molecule has 2 aliphatic carbocycles. The van der Waals surface area contributed by atoms with E-state index < -0.39 is 18.0 Å². The van der Waals surface area contributed by atoms with E-state index in [9.17, 15) is 22.4 Å². The first kappa shape index (κ1) is 21.1. The number of carbonyl (C=O) groups excluding carboxylic acids is 1. The fourth-order valence-corrected chi connectivity index (χ4v) is 3.75. The zero-order chi connectivity index (χ0) is 20.5. The predicted octanol–water partition coefficient (Wildman–Crippen LogP) is 1.15. The molecule has 5 atom stereocenters. The van der Waals surface area contributed by atoms with E-state index in [1.165, 1.54) is 0 Å². The van der Waals surface area contributed by atoms with Gasteiger partial charge in [0, 0.05) is 12.1 Å². The summed E-state index contributed by atoms with van der Waals surface area (Å²) < 4.78 is 45.4. The highest BCUT2D eigenvalue weighted by molar-refractivity contribution is 6.28. The number of hydrogen-bond donors (Lipinski definition) is 4. The Balaban J connectivity index is 0.000000321. The normalized spacial score (nSPS) is 29.0. The molecule has 3 rings (SSSR count). The SMILES string of the molecule is NC(=O)[C@H]1[C@H]2C[C@@H]([C@H]1Nc1nc(Cl)ncc1F)[C@H](N)C2.O=C(O)C(F)(F)F. The van der Waals surface area contributed by atoms with Crippen molar-refractivity contribution >= 4 is 29.3 Å². The Morgan fingerprint density at radius 3 is 2.44 bits per heavy atom. The summed E-state index contributed by atoms with van der Waals surface area (Å²) in [6, 6.07) is -0.310. The van der Waals surface area contributed by atoms with E-state index in [4.69, 9.17) is 33.0 Å². The van der Waals surface area contributed by atoms with Crippen LogP contribution in [0.25, 0.3) is 0 Å². The number of fused-ring (bicyclic) bond motifs is 2. The average molecular weight is 414 g/mol. The summed E-state index contributed by atoms with van der Waals surface area (Å²) >= 11 is 5.66. The Morgan fingerprint density at radius 1 is 1.33 bits per heavy atom. The van der Waals surface area contributed by atoms with Gasteiger partial charge >= 0.3 is 12.1 Å². The number of alkyl halides is 3. The van der Waals surface area contributed by atoms with Crippen LogP contribution in [0, 0.1) is 23.6 Å². The van der Waals surface area contributed by atoms with Crippen LogP contribution in [-0.4, -0.2) is 45.2 Å². The monoisotopic (exact) mass is 413 g/mol. The Labute approximate surface area is 155 Å². The van der Waals surface area contributed by atoms with Crippen molar-refractivity contribution < 1.29 is 32.3 Å². The van der Waals surface area contributed by atoms with Crippen molar-refractivity contribution in [2.24, 2.45) is 29.2 Å². The summed E-state index contributed by atoms with van der Waals surface area (Å²) in [6.45, 7) is 0. The highest BCUT2D eigenvalue weighted by atomic mass is 35.5. The molecule has 0 aliphatic heterocycles. The van der Waals surface area contributed by atoms with Crippen molar-refractivity contribution in [2.45, 2.75) is 31.1 Å². The number of halogens is 5. The van der Waals surface area contributed by atoms with Gasteiger partial charge in [0.1, 0.15) is 0 Å². The van der Waals surface area contributed by atoms with Gasteiger partial charge < -0.3 is 21.9 Å². The topological polar surface area (TPSA) is 144 Å². The van der Waals surface area contributed by atoms with Crippen molar-refractivity contribution in [3.8, 4) is 0 Å². The number of hydrogen-bond acceptors (Lipinski definition) is 6. The number of nitrogens with zero attached hydrogens (tertiary/aromatic N) is 2. The molecular formula is C14H16ClF4N5O3. The van der Waals surface area contributed by atoms with Gasteiger partial charge in [0.25, 0.3) is 0 Å². The molecule has 0 spiro atoms. The molecule has 0 radical (unpaired) electrons. The number of aliphatic carboxylic acids is 1. The lowest BCUT2D eigenvalue weighted by molar-refractivity contribution is -0.192. The van der Waals surface area contributed by atoms with Gasteiger partial charge in [-0.1, -0.05) is 0 Å². The van der Waals surface area contributed by atoms with Crippen LogP contribution in [0.5, 0.6) is 0 Å². The second kappa shape index (κ2) is 7.80. The first-order valence-corrected chi connectivity index (χ1v) is 8.09. The number of amides is 1. The van der Waals surface area contributed by atoms with Gasteiger partial charge in [0.2, 0.25) is 11.2 Å². The summed E-state index contributed by atoms with van der Waals surface area (Å²) in [6.07, 6.45) is -2.49. The molecule has 150 valence electrons. The van der Waals surface area contributed by atoms with Gasteiger partial charge in [-0.25, -0.2) is 14.2 Å². The van der Waals surface area contributed by atoms with Crippen molar-refractivity contribution in [2.75, 3.05) is 5.32 Å². The van der Waals surface area contributed by atoms with Crippen LogP contribution < -0.4 is 16.8 Å². The second-order valence-corrected chi connectivity index (χ2v) is 6.63. The predicted molar refractivity (Wildman–Crippen MR) is 85.0 cm³/mol. The first-order valence-electron chi connectivity index (χ1n) is 7.71. The molecule has 0 saturated heterocycles. The van der Waals surface area contributed by atoms with Crippen LogP contribution in [0.15, 0.2) is 6.20 Å². The van der Waals surface area contributed by atoms with Gasteiger partial charge in [-0.15, -0.1) is 0 Å². The molecule has 8 nitrogen and oxygen atoms in total. The fourth-order valence-electron chi connectivity index (χ4n) is 3.62. The molecule has 0 aromatic carbocycles. The summed E-state index contributed by atoms with van der Waals surface area (Å²) in [7, 11) is 0. The lowest BCUT2D eigenvalue weighted by Crippen LogP contribution is -2.49. The number of carboxylic acid groups (broad SMARTS) is 1. The number of aromatic nitrogens is 2. The van der Waals surface area contributed by atoms with Crippen molar-refractivity contribution in [3.05, 3.63) is 17.3 Å². The molecule has 1 aromatic rings. The van der Waals surface area contributed by atoms with Crippen LogP contribution in [0.2, 0.25) is 5.28 Å². The largest absolute Gasteiger partial charge is 0.490 e. The summed E-state index contributed by atoms with van der Waals surface area (Å²) in [4.78, 5) is 27.9. The van der Waals surface area contributed by atoms with E-state index >= 15 is 0 Å². The summed E-state index contributed by atoms with van der Waals surface area (Å²) in [5.74, 6) is -3.88. The highest BCUT2D eigenvalue weighted by Crippen LogP contribution is 2.48. The number of primary amides is 1. The summed E-state index contributed by atoms with van der Waals surface area (Å²) in [5.41, 5.74) is 11.5. The van der Waals surface area contributed by atoms with Gasteiger partial charge in [-0.05, 0) is 36.3 Å². The van der Waals surface area contributed by atoms with E-state index in [1.54, 1.807) is 0 Å². The molecule has 2 aliphatic rings. The highest BCUT2D eigenvalue weighted by Gasteiger charge is 2.54. The Bertz CT molecular complexity index is 735. The maximum atomic E-state index is 13.7. The van der Waals surface area contributed by atoms with Crippen LogP contribution in [0.1, 0.15) is 12.8 Å². The van der Waals surface area contributed by atoms with E-state index in [0.717, 1.165) is 19.0 Å². The van der Waals surface area contributed by atoms with Crippen LogP contribution in [0.3, 0.4) is 0 Å². The molecule has 2 saturated carbocycles. The molecule has 0 unspecified atom stereocenters. The van der Waals surface area contributed by atoms with Gasteiger partial charge in [-0.3, -0.25) is 4.79 Å². The van der Waals surface area contributed by atoms with Crippen LogP contribution in [0.4, 0.5) is 23.4 Å². The summed E-state index contributed by atoms with van der Waals surface area (Å²) in [5, 5.41) is 10.0. The van der Waals surface area contributed by atoms with Gasteiger partial charge in [0.15, 0.2) is 11.6 Å². The molecule has 1 aromatic heterocycles. The number of rotatable bonds is 3. The minimum absolute atomic E-state index is 0.00605. The van der Waals surface area contributed by atoms with Crippen molar-refractivity contribution in [1.82, 2.24) is 9.97 Å². The van der Waals surface area contributed by atoms with Crippen LogP contribution >= 0.6 is 11.6 Å². The third kappa shape index (κ3) is 4.75. The zero-order valence-corrected chi connectivity index (χ0v) is 14.3. The Hall–Kier alpha value is -2.21. The number of carboxylic acids is 1. The number of nitrogens with one attached hydrogen (secondary N) is 1. The van der Waals surface area contributed by atoms with Crippen molar-refractivity contribution in [1.29, 1.82) is 0 Å². The number of nitrogens with two attached hydrogens (primary N) is 2. The fraction of sp³-hybridized carbons (Fsp3) is 0.571. The first-order chi connectivity index (χ1) is 12.4. The smallest absolute Gasteiger partial charge is 0.475 e. The molecule has 13 heteroatoms. The minimum Gasteiger partial charge on any atom is -0.475 e. The van der Waals surface area contributed by atoms with Gasteiger partial charge in [-0.2, -0.15) is 18.2 Å². The molecule has 6 N–H and O–H groups in total. The Morgan fingerprint density at radius 2 is 1.93 bits per heavy atom. The lowest BCUT2D eigenvalue weighted by atomic mass is 9.81. The Kier molecular flexibility index (Phi) is 6.10. The standard InChI is InChI=1S/C12H15ClFN5O.C2HF3O2/c13-12-17-3-6(14)11(19-12)18-9-5-1-4(2-7(5)15)8(9)10(16)20;3-2(4,5)1(6)7/h3-5,7-9H,1-2,15H2,(H2,16,20)(H,17,18,19);(H,6,7)/t4-,5+,7+,8-,9+;/m0./s1. The van der Waals surface area contributed by atoms with E-state index in [1.807, 2.05) is 0 Å². The number of anilines is 1. The third-order valence-electron chi connectivity index (χ3n) is 4.64. The molecule has 1 amide bonds. The van der Waals surface area contributed by atoms with Crippen LogP contribution in [-0.2, 0) is 9.59 Å². The molecule has 27 heavy (non-hydrogen) atoms. The van der Waals surface area contributed by atoms with Gasteiger partial charge in [0.05, 0.1) is 12.1 Å². The molecular weight excluding hydrogens is 398 g/mol. The third-order valence-corrected chi connectivity index (χ3v) is 4.83. The van der Waals surface area contributed by atoms with Crippen molar-refractivity contribution in [3.63, 3.8) is 0 Å². The molecule has 2 bridgehead atoms. The maximum Gasteiger partial charge on any atom is 0.490 e. The average Bonchev–Trinajstić information content (AvgIpc) is 3.07. The zero-order valence-electron chi connectivity index (χ0n) is 13.6. The van der Waals surface area contributed by atoms with E-state index in [-0.39, 0.29) is 46.8 Å². The van der Waals surface area contributed by atoms with E-state index in [2.05, 4.69) is 15.3 Å². The molecule has 2 fully saturated rings. The minimum atomic E-state index is -5.08. The van der Waals surface area contributed by atoms with E-state index in [0.29, 0.717) is 0 Å². The lowest BCUT2D eigenvalue weighted by Gasteiger charge is -2.33. The molecule has 1 heterocycles. The number of carbonyl (C=O) groups is 2. The second-order valence-electron chi connectivity index (χ2n) is 6.30. The quantitative estimate of drug-likeness (QED) is 0.429.